The van der Waals surface area contributed by atoms with E-state index in [0.717, 1.165) is 18.5 Å². The number of allylic oxidation sites excluding steroid dienone is 1. The van der Waals surface area contributed by atoms with Crippen molar-refractivity contribution in [1.82, 2.24) is 4.98 Å². The van der Waals surface area contributed by atoms with Crippen LogP contribution >= 0.6 is 11.6 Å². The second-order valence-electron chi connectivity index (χ2n) is 5.90. The van der Waals surface area contributed by atoms with Crippen LogP contribution in [0.3, 0.4) is 0 Å². The maximum absolute atomic E-state index is 6.14. The van der Waals surface area contributed by atoms with Crippen molar-refractivity contribution < 1.29 is 14.2 Å². The fourth-order valence-corrected chi connectivity index (χ4v) is 2.35. The fraction of sp³-hybridized carbons (Fsp3) is 0.611. The lowest BCUT2D eigenvalue weighted by Crippen LogP contribution is -2.17. The zero-order valence-corrected chi connectivity index (χ0v) is 15.4. The van der Waals surface area contributed by atoms with E-state index in [1.807, 2.05) is 19.1 Å². The van der Waals surface area contributed by atoms with Gasteiger partial charge in [0.15, 0.2) is 10.9 Å². The monoisotopic (exact) mass is 341 g/mol. The van der Waals surface area contributed by atoms with Crippen molar-refractivity contribution >= 4 is 11.6 Å². The Kier molecular flexibility index (Phi) is 9.03. The lowest BCUT2D eigenvalue weighted by molar-refractivity contribution is 0.171. The number of methoxy groups -OCH3 is 1. The molecule has 1 rings (SSSR count). The summed E-state index contributed by atoms with van der Waals surface area (Å²) < 4.78 is 16.6. The Labute approximate surface area is 144 Å². The van der Waals surface area contributed by atoms with Crippen LogP contribution in [0.5, 0.6) is 11.5 Å². The summed E-state index contributed by atoms with van der Waals surface area (Å²) in [5.41, 5.74) is 0.764. The van der Waals surface area contributed by atoms with Gasteiger partial charge in [-0.1, -0.05) is 31.5 Å². The largest absolute Gasteiger partial charge is 0.491 e. The molecular formula is C18H28ClNO3. The molecule has 0 N–H and O–H groups in total. The highest BCUT2D eigenvalue weighted by Crippen LogP contribution is 2.30. The Morgan fingerprint density at radius 2 is 2.00 bits per heavy atom. The number of nitrogens with zero attached hydrogens (tertiary/aromatic N) is 1. The molecule has 0 aliphatic carbocycles. The second kappa shape index (κ2) is 10.5. The van der Waals surface area contributed by atoms with E-state index in [9.17, 15) is 0 Å². The first kappa shape index (κ1) is 19.8. The lowest BCUT2D eigenvalue weighted by atomic mass is 9.93. The third kappa shape index (κ3) is 6.80. The van der Waals surface area contributed by atoms with Gasteiger partial charge < -0.3 is 14.2 Å². The van der Waals surface area contributed by atoms with Crippen LogP contribution in [-0.4, -0.2) is 31.9 Å². The average Bonchev–Trinajstić information content (AvgIpc) is 2.50. The molecule has 1 aromatic heterocycles. The molecule has 0 aromatic carbocycles. The maximum Gasteiger partial charge on any atom is 0.171 e. The molecule has 0 amide bonds. The van der Waals surface area contributed by atoms with Crippen molar-refractivity contribution in [3.05, 3.63) is 29.6 Å². The summed E-state index contributed by atoms with van der Waals surface area (Å²) in [5, 5.41) is 0.360. The summed E-state index contributed by atoms with van der Waals surface area (Å²) in [7, 11) is 1.67. The van der Waals surface area contributed by atoms with Crippen molar-refractivity contribution in [3.63, 3.8) is 0 Å². The molecule has 0 aliphatic rings. The molecule has 130 valence electrons. The van der Waals surface area contributed by atoms with Gasteiger partial charge in [-0.25, -0.2) is 4.98 Å². The summed E-state index contributed by atoms with van der Waals surface area (Å²) in [6, 6.07) is 1.82. The Bertz CT molecular complexity index is 491. The Morgan fingerprint density at radius 1 is 1.26 bits per heavy atom. The Morgan fingerprint density at radius 3 is 2.61 bits per heavy atom. The third-order valence-corrected chi connectivity index (χ3v) is 3.97. The van der Waals surface area contributed by atoms with Gasteiger partial charge in [-0.3, -0.25) is 0 Å². The van der Waals surface area contributed by atoms with Gasteiger partial charge in [0.25, 0.3) is 0 Å². The van der Waals surface area contributed by atoms with Crippen LogP contribution in [0.2, 0.25) is 5.15 Å². The first-order valence-electron chi connectivity index (χ1n) is 8.02. The molecule has 0 aliphatic heterocycles. The van der Waals surface area contributed by atoms with Gasteiger partial charge in [0.1, 0.15) is 5.75 Å². The van der Waals surface area contributed by atoms with Gasteiger partial charge in [0, 0.05) is 26.2 Å². The molecular weight excluding hydrogens is 314 g/mol. The van der Waals surface area contributed by atoms with Crippen molar-refractivity contribution in [2.45, 2.75) is 33.6 Å². The van der Waals surface area contributed by atoms with Gasteiger partial charge in [0.05, 0.1) is 18.9 Å². The number of aryl methyl sites for hydroxylation is 1. The topological polar surface area (TPSA) is 40.6 Å². The number of rotatable bonds is 11. The smallest absolute Gasteiger partial charge is 0.171 e. The number of hydrogen-bond donors (Lipinski definition) is 0. The molecule has 0 bridgehead atoms. The van der Waals surface area contributed by atoms with Gasteiger partial charge >= 0.3 is 0 Å². The van der Waals surface area contributed by atoms with E-state index >= 15 is 0 Å². The standard InChI is InChI=1S/C18H28ClNO3/c1-6-8-15(13(2)3)12-23-16-11-17(18(19)20-14(16)4)22-10-7-9-21-5/h6,11,13,15H,1,7-10,12H2,2-5H3. The zero-order valence-electron chi connectivity index (χ0n) is 14.6. The quantitative estimate of drug-likeness (QED) is 0.333. The number of halogens is 1. The van der Waals surface area contributed by atoms with Crippen LogP contribution in [0.15, 0.2) is 18.7 Å². The highest BCUT2D eigenvalue weighted by atomic mass is 35.5. The first-order valence-corrected chi connectivity index (χ1v) is 8.40. The number of hydrogen-bond acceptors (Lipinski definition) is 4. The number of pyridine rings is 1. The van der Waals surface area contributed by atoms with Crippen LogP contribution in [0.4, 0.5) is 0 Å². The predicted octanol–water partition coefficient (Wildman–Crippen LogP) is 4.69. The Balaban J connectivity index is 2.71. The molecule has 1 aromatic rings. The van der Waals surface area contributed by atoms with E-state index in [1.54, 1.807) is 7.11 Å². The minimum absolute atomic E-state index is 0.360. The van der Waals surface area contributed by atoms with E-state index < -0.39 is 0 Å². The molecule has 0 saturated carbocycles. The third-order valence-electron chi connectivity index (χ3n) is 3.70. The summed E-state index contributed by atoms with van der Waals surface area (Å²) in [6.07, 6.45) is 3.66. The molecule has 23 heavy (non-hydrogen) atoms. The van der Waals surface area contributed by atoms with Crippen molar-refractivity contribution in [3.8, 4) is 11.5 Å². The molecule has 0 fully saturated rings. The molecule has 0 spiro atoms. The lowest BCUT2D eigenvalue weighted by Gasteiger charge is -2.20. The van der Waals surface area contributed by atoms with Crippen LogP contribution < -0.4 is 9.47 Å². The summed E-state index contributed by atoms with van der Waals surface area (Å²) in [4.78, 5) is 4.31. The SMILES string of the molecule is C=CCC(COc1cc(OCCCOC)c(Cl)nc1C)C(C)C. The van der Waals surface area contributed by atoms with Crippen LogP contribution in [0, 0.1) is 18.8 Å². The van der Waals surface area contributed by atoms with Crippen molar-refractivity contribution in [1.29, 1.82) is 0 Å². The van der Waals surface area contributed by atoms with Gasteiger partial charge in [-0.2, -0.15) is 0 Å². The molecule has 1 unspecified atom stereocenters. The highest BCUT2D eigenvalue weighted by molar-refractivity contribution is 6.30. The minimum Gasteiger partial charge on any atom is -0.491 e. The highest BCUT2D eigenvalue weighted by Gasteiger charge is 2.15. The van der Waals surface area contributed by atoms with Crippen molar-refractivity contribution in [2.24, 2.45) is 11.8 Å². The normalized spacial score (nSPS) is 12.3. The van der Waals surface area contributed by atoms with Gasteiger partial charge in [-0.15, -0.1) is 6.58 Å². The molecule has 0 saturated heterocycles. The predicted molar refractivity (Wildman–Crippen MR) is 94.6 cm³/mol. The molecule has 1 atom stereocenters. The molecule has 5 heteroatoms. The number of ether oxygens (including phenoxy) is 3. The first-order chi connectivity index (χ1) is 11.0. The van der Waals surface area contributed by atoms with E-state index in [2.05, 4.69) is 25.4 Å². The molecule has 0 radical (unpaired) electrons. The zero-order chi connectivity index (χ0) is 17.2. The summed E-state index contributed by atoms with van der Waals surface area (Å²) >= 11 is 6.14. The van der Waals surface area contributed by atoms with E-state index in [4.69, 9.17) is 25.8 Å². The van der Waals surface area contributed by atoms with Gasteiger partial charge in [-0.05, 0) is 25.2 Å². The van der Waals surface area contributed by atoms with E-state index in [-0.39, 0.29) is 0 Å². The fourth-order valence-electron chi connectivity index (χ4n) is 2.12. The summed E-state index contributed by atoms with van der Waals surface area (Å²) in [6.45, 7) is 11.9. The molecule has 1 heterocycles. The van der Waals surface area contributed by atoms with Gasteiger partial charge in [0.2, 0.25) is 0 Å². The molecule has 4 nitrogen and oxygen atoms in total. The minimum atomic E-state index is 0.360. The average molecular weight is 342 g/mol. The van der Waals surface area contributed by atoms with Crippen LogP contribution in [-0.2, 0) is 4.74 Å². The second-order valence-corrected chi connectivity index (χ2v) is 6.25. The number of aromatic nitrogens is 1. The van der Waals surface area contributed by atoms with Crippen molar-refractivity contribution in [2.75, 3.05) is 26.9 Å². The van der Waals surface area contributed by atoms with Crippen LogP contribution in [0.25, 0.3) is 0 Å². The summed E-state index contributed by atoms with van der Waals surface area (Å²) in [5.74, 6) is 2.21. The maximum atomic E-state index is 6.14. The Hall–Kier alpha value is -1.26. The van der Waals surface area contributed by atoms with E-state index in [0.29, 0.717) is 48.3 Å². The van der Waals surface area contributed by atoms with E-state index in [1.165, 1.54) is 0 Å². The van der Waals surface area contributed by atoms with Crippen LogP contribution in [0.1, 0.15) is 32.4 Å².